The first-order valence-corrected chi connectivity index (χ1v) is 8.42. The monoisotopic (exact) mass is 325 g/mol. The molecule has 0 unspecified atom stereocenters. The van der Waals surface area contributed by atoms with Crippen LogP contribution in [0.25, 0.3) is 10.6 Å². The van der Waals surface area contributed by atoms with Gasteiger partial charge in [-0.1, -0.05) is 35.5 Å². The van der Waals surface area contributed by atoms with E-state index in [1.165, 1.54) is 0 Å². The lowest BCUT2D eigenvalue weighted by atomic mass is 10.2. The number of thiazole rings is 1. The molecule has 1 aromatic carbocycles. The van der Waals surface area contributed by atoms with E-state index in [9.17, 15) is 4.79 Å². The molecule has 0 spiro atoms. The van der Waals surface area contributed by atoms with E-state index in [-0.39, 0.29) is 5.91 Å². The number of benzene rings is 1. The molecule has 0 atom stereocenters. The molecule has 0 radical (unpaired) electrons. The van der Waals surface area contributed by atoms with Crippen LogP contribution >= 0.6 is 11.3 Å². The smallest absolute Gasteiger partial charge is 0.273 e. The summed E-state index contributed by atoms with van der Waals surface area (Å²) in [6.45, 7) is 0.383. The van der Waals surface area contributed by atoms with Crippen molar-refractivity contribution in [3.63, 3.8) is 0 Å². The quantitative estimate of drug-likeness (QED) is 0.778. The van der Waals surface area contributed by atoms with E-state index in [1.807, 2.05) is 35.7 Å². The van der Waals surface area contributed by atoms with E-state index in [0.29, 0.717) is 18.2 Å². The largest absolute Gasteiger partial charge is 0.360 e. The second kappa shape index (κ2) is 5.96. The standard InChI is InChI=1S/C17H15N3O2S/c21-16(14-8-15(22-20-14)11-6-7-11)18-9-13-10-23-17(19-13)12-4-2-1-3-5-12/h1-5,8,10-11H,6-7,9H2,(H,18,21). The number of hydrogen-bond donors (Lipinski definition) is 1. The SMILES string of the molecule is O=C(NCc1csc(-c2ccccc2)n1)c1cc(C2CC2)on1. The first-order valence-electron chi connectivity index (χ1n) is 7.54. The maximum Gasteiger partial charge on any atom is 0.273 e. The number of aromatic nitrogens is 2. The van der Waals surface area contributed by atoms with Gasteiger partial charge >= 0.3 is 0 Å². The van der Waals surface area contributed by atoms with Crippen molar-refractivity contribution in [1.29, 1.82) is 0 Å². The van der Waals surface area contributed by atoms with E-state index in [0.717, 1.165) is 34.9 Å². The Morgan fingerprint density at radius 2 is 2.13 bits per heavy atom. The number of amides is 1. The van der Waals surface area contributed by atoms with E-state index >= 15 is 0 Å². The maximum atomic E-state index is 12.1. The van der Waals surface area contributed by atoms with Crippen LogP contribution in [0.2, 0.25) is 0 Å². The van der Waals surface area contributed by atoms with Gasteiger partial charge in [0.25, 0.3) is 5.91 Å². The van der Waals surface area contributed by atoms with Crippen LogP contribution in [0.15, 0.2) is 46.3 Å². The Bertz CT molecular complexity index is 821. The Morgan fingerprint density at radius 3 is 2.91 bits per heavy atom. The molecule has 2 heterocycles. The summed E-state index contributed by atoms with van der Waals surface area (Å²) >= 11 is 1.57. The van der Waals surface area contributed by atoms with Crippen molar-refractivity contribution < 1.29 is 9.32 Å². The van der Waals surface area contributed by atoms with Gasteiger partial charge in [0.1, 0.15) is 10.8 Å². The molecule has 1 amide bonds. The molecule has 1 aliphatic carbocycles. The Balaban J connectivity index is 1.38. The molecule has 1 aliphatic rings. The van der Waals surface area contributed by atoms with Gasteiger partial charge < -0.3 is 9.84 Å². The molecule has 0 bridgehead atoms. The Hall–Kier alpha value is -2.47. The second-order valence-electron chi connectivity index (χ2n) is 5.58. The molecule has 5 nitrogen and oxygen atoms in total. The van der Waals surface area contributed by atoms with Gasteiger partial charge in [-0.05, 0) is 12.8 Å². The van der Waals surface area contributed by atoms with Gasteiger partial charge in [-0.2, -0.15) is 0 Å². The van der Waals surface area contributed by atoms with Crippen molar-refractivity contribution in [3.05, 3.63) is 58.9 Å². The highest BCUT2D eigenvalue weighted by atomic mass is 32.1. The third kappa shape index (κ3) is 3.17. The molecule has 4 rings (SSSR count). The van der Waals surface area contributed by atoms with Gasteiger partial charge in [-0.3, -0.25) is 4.79 Å². The van der Waals surface area contributed by atoms with Crippen LogP contribution in [-0.2, 0) is 6.54 Å². The van der Waals surface area contributed by atoms with E-state index in [2.05, 4.69) is 15.5 Å². The van der Waals surface area contributed by atoms with Crippen LogP contribution in [0.3, 0.4) is 0 Å². The lowest BCUT2D eigenvalue weighted by Gasteiger charge is -1.99. The Kier molecular flexibility index (Phi) is 3.67. The number of nitrogens with one attached hydrogen (secondary N) is 1. The minimum atomic E-state index is -0.227. The van der Waals surface area contributed by atoms with Gasteiger partial charge in [0.15, 0.2) is 5.69 Å². The summed E-state index contributed by atoms with van der Waals surface area (Å²) < 4.78 is 5.20. The third-order valence-corrected chi connectivity index (χ3v) is 4.68. The van der Waals surface area contributed by atoms with Crippen molar-refractivity contribution in [2.75, 3.05) is 0 Å². The van der Waals surface area contributed by atoms with E-state index in [1.54, 1.807) is 17.4 Å². The van der Waals surface area contributed by atoms with Gasteiger partial charge in [0.05, 0.1) is 12.2 Å². The summed E-state index contributed by atoms with van der Waals surface area (Å²) in [6, 6.07) is 11.7. The van der Waals surface area contributed by atoms with Gasteiger partial charge in [0.2, 0.25) is 0 Å². The first-order chi connectivity index (χ1) is 11.3. The fraction of sp³-hybridized carbons (Fsp3) is 0.235. The zero-order chi connectivity index (χ0) is 15.6. The predicted octanol–water partition coefficient (Wildman–Crippen LogP) is 3.61. The number of hydrogen-bond acceptors (Lipinski definition) is 5. The highest BCUT2D eigenvalue weighted by Crippen LogP contribution is 2.40. The summed E-state index contributed by atoms with van der Waals surface area (Å²) in [5.74, 6) is 1.04. The van der Waals surface area contributed by atoms with Gasteiger partial charge in [0, 0.05) is 22.9 Å². The van der Waals surface area contributed by atoms with Crippen molar-refractivity contribution in [3.8, 4) is 10.6 Å². The fourth-order valence-electron chi connectivity index (χ4n) is 2.32. The number of carbonyl (C=O) groups is 1. The lowest BCUT2D eigenvalue weighted by molar-refractivity contribution is 0.0941. The molecule has 23 heavy (non-hydrogen) atoms. The first kappa shape index (κ1) is 14.1. The zero-order valence-corrected chi connectivity index (χ0v) is 13.2. The van der Waals surface area contributed by atoms with E-state index < -0.39 is 0 Å². The topological polar surface area (TPSA) is 68.0 Å². The normalized spacial score (nSPS) is 13.9. The van der Waals surface area contributed by atoms with Crippen molar-refractivity contribution in [2.45, 2.75) is 25.3 Å². The molecule has 116 valence electrons. The average molecular weight is 325 g/mol. The lowest BCUT2D eigenvalue weighted by Crippen LogP contribution is -2.23. The number of rotatable bonds is 5. The summed E-state index contributed by atoms with van der Waals surface area (Å²) in [5.41, 5.74) is 2.26. The highest BCUT2D eigenvalue weighted by molar-refractivity contribution is 7.13. The van der Waals surface area contributed by atoms with Crippen LogP contribution in [-0.4, -0.2) is 16.0 Å². The summed E-state index contributed by atoms with van der Waals surface area (Å²) in [7, 11) is 0. The Labute approximate surface area is 137 Å². The molecule has 1 N–H and O–H groups in total. The molecule has 6 heteroatoms. The van der Waals surface area contributed by atoms with Crippen molar-refractivity contribution in [1.82, 2.24) is 15.5 Å². The number of carbonyl (C=O) groups excluding carboxylic acids is 1. The minimum absolute atomic E-state index is 0.227. The molecule has 0 aliphatic heterocycles. The van der Waals surface area contributed by atoms with Crippen molar-refractivity contribution in [2.24, 2.45) is 0 Å². The predicted molar refractivity (Wildman–Crippen MR) is 87.2 cm³/mol. The summed E-state index contributed by atoms with van der Waals surface area (Å²) in [6.07, 6.45) is 2.24. The van der Waals surface area contributed by atoms with Gasteiger partial charge in [-0.15, -0.1) is 11.3 Å². The highest BCUT2D eigenvalue weighted by Gasteiger charge is 2.28. The minimum Gasteiger partial charge on any atom is -0.360 e. The zero-order valence-electron chi connectivity index (χ0n) is 12.4. The van der Waals surface area contributed by atoms with Crippen LogP contribution < -0.4 is 5.32 Å². The third-order valence-electron chi connectivity index (χ3n) is 3.74. The van der Waals surface area contributed by atoms with E-state index in [4.69, 9.17) is 4.52 Å². The average Bonchev–Trinajstić information content (AvgIpc) is 3.14. The molecule has 2 aromatic heterocycles. The molecular weight excluding hydrogens is 310 g/mol. The van der Waals surface area contributed by atoms with Crippen LogP contribution in [0.5, 0.6) is 0 Å². The molecule has 0 saturated heterocycles. The molecular formula is C17H15N3O2S. The molecule has 1 saturated carbocycles. The van der Waals surface area contributed by atoms with Crippen LogP contribution in [0.4, 0.5) is 0 Å². The summed E-state index contributed by atoms with van der Waals surface area (Å²) in [4.78, 5) is 16.6. The molecule has 1 fully saturated rings. The van der Waals surface area contributed by atoms with Crippen molar-refractivity contribution >= 4 is 17.2 Å². The maximum absolute atomic E-state index is 12.1. The molecule has 3 aromatic rings. The van der Waals surface area contributed by atoms with Crippen LogP contribution in [0.1, 0.15) is 40.7 Å². The number of nitrogens with zero attached hydrogens (tertiary/aromatic N) is 2. The Morgan fingerprint density at radius 1 is 1.30 bits per heavy atom. The van der Waals surface area contributed by atoms with Crippen LogP contribution in [0, 0.1) is 0 Å². The summed E-state index contributed by atoms with van der Waals surface area (Å²) in [5, 5.41) is 9.58. The fourth-order valence-corrected chi connectivity index (χ4v) is 3.15. The second-order valence-corrected chi connectivity index (χ2v) is 6.44. The van der Waals surface area contributed by atoms with Gasteiger partial charge in [-0.25, -0.2) is 4.98 Å².